The lowest BCUT2D eigenvalue weighted by molar-refractivity contribution is 0.578. The Morgan fingerprint density at radius 1 is 1.16 bits per heavy atom. The molecular formula is C15H20N4. The van der Waals surface area contributed by atoms with Gasteiger partial charge in [0.1, 0.15) is 5.82 Å². The predicted molar refractivity (Wildman–Crippen MR) is 79.2 cm³/mol. The highest BCUT2D eigenvalue weighted by Crippen LogP contribution is 2.35. The fourth-order valence-electron chi connectivity index (χ4n) is 2.79. The van der Waals surface area contributed by atoms with Gasteiger partial charge in [-0.3, -0.25) is 5.10 Å². The second-order valence-electron chi connectivity index (χ2n) is 5.27. The number of nitrogen functional groups attached to an aromatic ring is 1. The average Bonchev–Trinajstić information content (AvgIpc) is 2.86. The maximum absolute atomic E-state index is 5.98. The molecule has 1 aliphatic heterocycles. The molecule has 0 radical (unpaired) electrons. The van der Waals surface area contributed by atoms with Gasteiger partial charge in [-0.1, -0.05) is 11.6 Å². The van der Waals surface area contributed by atoms with Crippen molar-refractivity contribution in [1.82, 2.24) is 10.2 Å². The summed E-state index contributed by atoms with van der Waals surface area (Å²) in [6.07, 6.45) is 5.70. The van der Waals surface area contributed by atoms with Crippen LogP contribution in [0.5, 0.6) is 0 Å². The average molecular weight is 256 g/mol. The molecule has 2 aromatic rings. The van der Waals surface area contributed by atoms with E-state index >= 15 is 0 Å². The molecule has 4 nitrogen and oxygen atoms in total. The van der Waals surface area contributed by atoms with E-state index < -0.39 is 0 Å². The van der Waals surface area contributed by atoms with Crippen LogP contribution < -0.4 is 10.6 Å². The smallest absolute Gasteiger partial charge is 0.126 e. The molecule has 3 N–H and O–H groups in total. The summed E-state index contributed by atoms with van der Waals surface area (Å²) in [6, 6.07) is 6.58. The second-order valence-corrected chi connectivity index (χ2v) is 5.27. The van der Waals surface area contributed by atoms with E-state index in [4.69, 9.17) is 5.73 Å². The summed E-state index contributed by atoms with van der Waals surface area (Å²) in [6.45, 7) is 4.38. The molecule has 0 aliphatic carbocycles. The monoisotopic (exact) mass is 256 g/mol. The number of benzene rings is 1. The third kappa shape index (κ3) is 2.30. The number of piperidine rings is 1. The Kier molecular flexibility index (Phi) is 3.15. The molecule has 2 heterocycles. The van der Waals surface area contributed by atoms with E-state index in [1.165, 1.54) is 36.1 Å². The normalized spacial score (nSPS) is 15.7. The van der Waals surface area contributed by atoms with E-state index in [1.807, 2.05) is 6.20 Å². The number of nitrogens with zero attached hydrogens (tertiary/aromatic N) is 2. The predicted octanol–water partition coefficient (Wildman–Crippen LogP) is 2.96. The summed E-state index contributed by atoms with van der Waals surface area (Å²) in [5.74, 6) is 0.642. The molecule has 19 heavy (non-hydrogen) atoms. The van der Waals surface area contributed by atoms with Crippen molar-refractivity contribution in [3.63, 3.8) is 0 Å². The highest BCUT2D eigenvalue weighted by Gasteiger charge is 2.17. The lowest BCUT2D eigenvalue weighted by Crippen LogP contribution is -2.29. The summed E-state index contributed by atoms with van der Waals surface area (Å²) < 4.78 is 0. The van der Waals surface area contributed by atoms with E-state index in [0.717, 1.165) is 18.7 Å². The van der Waals surface area contributed by atoms with Crippen molar-refractivity contribution in [2.24, 2.45) is 0 Å². The molecule has 1 fully saturated rings. The topological polar surface area (TPSA) is 57.9 Å². The maximum atomic E-state index is 5.98. The first kappa shape index (κ1) is 12.1. The minimum atomic E-state index is 0.642. The van der Waals surface area contributed by atoms with Crippen LogP contribution in [0.1, 0.15) is 24.8 Å². The van der Waals surface area contributed by atoms with E-state index in [9.17, 15) is 0 Å². The number of nitrogens with one attached hydrogen (secondary N) is 1. The maximum Gasteiger partial charge on any atom is 0.126 e. The zero-order chi connectivity index (χ0) is 13.2. The summed E-state index contributed by atoms with van der Waals surface area (Å²) in [5.41, 5.74) is 10.7. The number of hydrogen-bond donors (Lipinski definition) is 2. The standard InChI is InChI=1S/C15H20N4/c1-11-5-6-14(19-7-3-2-4-8-19)12(9-11)13-10-17-18-15(13)16/h5-6,9-10H,2-4,7-8H2,1H3,(H3,16,17,18). The Hall–Kier alpha value is -1.97. The van der Waals surface area contributed by atoms with Crippen LogP contribution in [0.4, 0.5) is 11.5 Å². The van der Waals surface area contributed by atoms with Gasteiger partial charge < -0.3 is 10.6 Å². The highest BCUT2D eigenvalue weighted by molar-refractivity contribution is 5.84. The van der Waals surface area contributed by atoms with Crippen LogP contribution in [0, 0.1) is 6.92 Å². The Morgan fingerprint density at radius 2 is 1.95 bits per heavy atom. The van der Waals surface area contributed by atoms with Gasteiger partial charge >= 0.3 is 0 Å². The van der Waals surface area contributed by atoms with Gasteiger partial charge in [0, 0.05) is 29.9 Å². The molecule has 3 rings (SSSR count). The quantitative estimate of drug-likeness (QED) is 0.868. The van der Waals surface area contributed by atoms with E-state index in [1.54, 1.807) is 0 Å². The van der Waals surface area contributed by atoms with Gasteiger partial charge in [-0.15, -0.1) is 0 Å². The molecular weight excluding hydrogens is 236 g/mol. The number of H-pyrrole nitrogens is 1. The first-order chi connectivity index (χ1) is 9.25. The Bertz CT molecular complexity index is 567. The molecule has 1 aromatic heterocycles. The van der Waals surface area contributed by atoms with Crippen LogP contribution in [0.3, 0.4) is 0 Å². The van der Waals surface area contributed by atoms with E-state index in [-0.39, 0.29) is 0 Å². The first-order valence-corrected chi connectivity index (χ1v) is 6.90. The lowest BCUT2D eigenvalue weighted by Gasteiger charge is -2.30. The largest absolute Gasteiger partial charge is 0.384 e. The van der Waals surface area contributed by atoms with Crippen molar-refractivity contribution in [1.29, 1.82) is 0 Å². The number of anilines is 2. The summed E-state index contributed by atoms with van der Waals surface area (Å²) >= 11 is 0. The van der Waals surface area contributed by atoms with E-state index in [0.29, 0.717) is 5.82 Å². The van der Waals surface area contributed by atoms with Crippen LogP contribution in [0.2, 0.25) is 0 Å². The van der Waals surface area contributed by atoms with Gasteiger partial charge in [-0.25, -0.2) is 0 Å². The van der Waals surface area contributed by atoms with Crippen LogP contribution in [-0.2, 0) is 0 Å². The number of aromatic amines is 1. The Labute approximate surface area is 113 Å². The third-order valence-corrected chi connectivity index (χ3v) is 3.81. The van der Waals surface area contributed by atoms with Crippen molar-refractivity contribution >= 4 is 11.5 Å². The fourth-order valence-corrected chi connectivity index (χ4v) is 2.79. The summed E-state index contributed by atoms with van der Waals surface area (Å²) in [4.78, 5) is 2.46. The molecule has 0 atom stereocenters. The molecule has 0 bridgehead atoms. The minimum Gasteiger partial charge on any atom is -0.384 e. The summed E-state index contributed by atoms with van der Waals surface area (Å²) in [7, 11) is 0. The van der Waals surface area contributed by atoms with Gasteiger partial charge in [0.05, 0.1) is 6.20 Å². The molecule has 0 saturated carbocycles. The molecule has 100 valence electrons. The SMILES string of the molecule is Cc1ccc(N2CCCCC2)c(-c2cn[nH]c2N)c1. The van der Waals surface area contributed by atoms with Gasteiger partial charge in [0.25, 0.3) is 0 Å². The molecule has 1 aromatic carbocycles. The fraction of sp³-hybridized carbons (Fsp3) is 0.400. The van der Waals surface area contributed by atoms with Crippen LogP contribution in [0.25, 0.3) is 11.1 Å². The Morgan fingerprint density at radius 3 is 2.63 bits per heavy atom. The second kappa shape index (κ2) is 4.96. The number of hydrogen-bond acceptors (Lipinski definition) is 3. The number of rotatable bonds is 2. The van der Waals surface area contributed by atoms with Gasteiger partial charge in [-0.2, -0.15) is 5.10 Å². The lowest BCUT2D eigenvalue weighted by atomic mass is 10.0. The van der Waals surface area contributed by atoms with Crippen molar-refractivity contribution in [2.45, 2.75) is 26.2 Å². The number of aromatic nitrogens is 2. The Balaban J connectivity index is 2.06. The molecule has 0 amide bonds. The van der Waals surface area contributed by atoms with Crippen LogP contribution >= 0.6 is 0 Å². The molecule has 4 heteroatoms. The van der Waals surface area contributed by atoms with Crippen molar-refractivity contribution in [3.05, 3.63) is 30.0 Å². The van der Waals surface area contributed by atoms with Crippen molar-refractivity contribution < 1.29 is 0 Å². The zero-order valence-electron chi connectivity index (χ0n) is 11.3. The molecule has 1 saturated heterocycles. The molecule has 0 spiro atoms. The van der Waals surface area contributed by atoms with E-state index in [2.05, 4.69) is 40.2 Å². The molecule has 1 aliphatic rings. The zero-order valence-corrected chi connectivity index (χ0v) is 11.3. The third-order valence-electron chi connectivity index (χ3n) is 3.81. The van der Waals surface area contributed by atoms with Crippen LogP contribution in [0.15, 0.2) is 24.4 Å². The molecule has 0 unspecified atom stereocenters. The first-order valence-electron chi connectivity index (χ1n) is 6.90. The van der Waals surface area contributed by atoms with Crippen molar-refractivity contribution in [3.8, 4) is 11.1 Å². The van der Waals surface area contributed by atoms with Crippen molar-refractivity contribution in [2.75, 3.05) is 23.7 Å². The van der Waals surface area contributed by atoms with Gasteiger partial charge in [0.15, 0.2) is 0 Å². The highest BCUT2D eigenvalue weighted by atomic mass is 15.2. The van der Waals surface area contributed by atoms with Gasteiger partial charge in [0.2, 0.25) is 0 Å². The van der Waals surface area contributed by atoms with Gasteiger partial charge in [-0.05, 0) is 38.3 Å². The van der Waals surface area contributed by atoms with Crippen LogP contribution in [-0.4, -0.2) is 23.3 Å². The number of nitrogens with two attached hydrogens (primary N) is 1. The number of aryl methyl sites for hydroxylation is 1. The minimum absolute atomic E-state index is 0.642. The summed E-state index contributed by atoms with van der Waals surface area (Å²) in [5, 5.41) is 6.87.